The summed E-state index contributed by atoms with van der Waals surface area (Å²) in [5.74, 6) is -0.428. The Bertz CT molecular complexity index is 1910. The Kier molecular flexibility index (Phi) is 9.45. The Morgan fingerprint density at radius 3 is 2.44 bits per heavy atom. The quantitative estimate of drug-likeness (QED) is 0.119. The number of anilines is 3. The molecule has 5 aromatic rings. The van der Waals surface area contributed by atoms with E-state index in [1.54, 1.807) is 19.1 Å². The van der Waals surface area contributed by atoms with E-state index in [1.165, 1.54) is 24.5 Å². The predicted octanol–water partition coefficient (Wildman–Crippen LogP) is 6.30. The number of halogens is 1. The summed E-state index contributed by atoms with van der Waals surface area (Å²) in [7, 11) is -4.54. The highest BCUT2D eigenvalue weighted by Crippen LogP contribution is 2.29. The van der Waals surface area contributed by atoms with E-state index < -0.39 is 20.7 Å². The molecule has 0 saturated carbocycles. The van der Waals surface area contributed by atoms with Gasteiger partial charge >= 0.3 is 6.47 Å². The lowest BCUT2D eigenvalue weighted by molar-refractivity contribution is -0.128. The van der Waals surface area contributed by atoms with Crippen molar-refractivity contribution >= 4 is 44.6 Å². The molecule has 0 aliphatic rings. The van der Waals surface area contributed by atoms with Crippen LogP contribution >= 0.6 is 0 Å². The third kappa shape index (κ3) is 6.81. The Morgan fingerprint density at radius 2 is 1.76 bits per heavy atom. The van der Waals surface area contributed by atoms with Crippen molar-refractivity contribution in [2.45, 2.75) is 45.2 Å². The van der Waals surface area contributed by atoms with Crippen LogP contribution in [0.3, 0.4) is 0 Å². The fourth-order valence-corrected chi connectivity index (χ4v) is 6.64. The molecular weight excluding hydrogens is 595 g/mol. The Balaban J connectivity index is 1.33. The molecule has 0 aliphatic carbocycles. The molecule has 0 aliphatic heterocycles. The van der Waals surface area contributed by atoms with Gasteiger partial charge in [-0.05, 0) is 87.1 Å². The number of likely N-dealkylation sites (N-methyl/N-ethyl adjacent to an activating group) is 1. The van der Waals surface area contributed by atoms with E-state index in [0.717, 1.165) is 53.9 Å². The highest BCUT2D eigenvalue weighted by Gasteiger charge is 2.30. The van der Waals surface area contributed by atoms with Gasteiger partial charge in [-0.3, -0.25) is 9.69 Å². The highest BCUT2D eigenvalue weighted by atomic mass is 32.2. The summed E-state index contributed by atoms with van der Waals surface area (Å²) in [6.07, 6.45) is 3.59. The second-order valence-electron chi connectivity index (χ2n) is 10.6. The molecule has 1 N–H and O–H groups in total. The number of hydrogen-bond donors (Lipinski definition) is 1. The number of nitrogens with zero attached hydrogens (tertiary/aromatic N) is 5. The lowest BCUT2D eigenvalue weighted by Gasteiger charge is -2.27. The number of rotatable bonds is 13. The van der Waals surface area contributed by atoms with Crippen LogP contribution in [0, 0.1) is 12.7 Å². The van der Waals surface area contributed by atoms with Crippen molar-refractivity contribution < 1.29 is 22.4 Å². The lowest BCUT2D eigenvalue weighted by atomic mass is 10.1. The van der Waals surface area contributed by atoms with E-state index in [1.807, 2.05) is 12.1 Å². The molecule has 3 aromatic carbocycles. The van der Waals surface area contributed by atoms with E-state index in [9.17, 15) is 17.6 Å². The van der Waals surface area contributed by atoms with Crippen molar-refractivity contribution in [1.82, 2.24) is 19.4 Å². The second-order valence-corrected chi connectivity index (χ2v) is 12.4. The average molecular weight is 631 g/mol. The molecule has 12 heteroatoms. The molecule has 5 rings (SSSR count). The van der Waals surface area contributed by atoms with Crippen LogP contribution in [0.1, 0.15) is 26.3 Å². The van der Waals surface area contributed by atoms with Crippen molar-refractivity contribution in [1.29, 1.82) is 0 Å². The number of fused-ring (bicyclic) bond motifs is 1. The summed E-state index contributed by atoms with van der Waals surface area (Å²) in [4.78, 5) is 26.6. The number of aryl methyl sites for hydroxylation is 1. The van der Waals surface area contributed by atoms with Crippen LogP contribution in [0.4, 0.5) is 21.6 Å². The number of carbonyl (C=O) groups excluding carboxylic acids is 1. The van der Waals surface area contributed by atoms with Crippen LogP contribution in [0.5, 0.6) is 0 Å². The number of benzene rings is 3. The van der Waals surface area contributed by atoms with Crippen molar-refractivity contribution in [2.24, 2.45) is 0 Å². The van der Waals surface area contributed by atoms with E-state index in [4.69, 9.17) is 4.84 Å². The third-order valence-electron chi connectivity index (χ3n) is 7.70. The topological polar surface area (TPSA) is 110 Å². The van der Waals surface area contributed by atoms with Gasteiger partial charge < -0.3 is 14.7 Å². The van der Waals surface area contributed by atoms with Crippen LogP contribution in [-0.2, 0) is 26.2 Å². The smallest absolute Gasteiger partial charge is 0.322 e. The van der Waals surface area contributed by atoms with Crippen molar-refractivity contribution in [3.63, 3.8) is 0 Å². The molecule has 0 bridgehead atoms. The van der Waals surface area contributed by atoms with E-state index in [0.29, 0.717) is 27.6 Å². The number of carbonyl (C=O) groups is 1. The van der Waals surface area contributed by atoms with Crippen molar-refractivity contribution in [2.75, 3.05) is 22.9 Å². The zero-order valence-corrected chi connectivity index (χ0v) is 26.3. The first-order valence-corrected chi connectivity index (χ1v) is 16.0. The summed E-state index contributed by atoms with van der Waals surface area (Å²) in [6.45, 7) is 11.1. The van der Waals surface area contributed by atoms with Crippen LogP contribution < -0.4 is 9.79 Å². The van der Waals surface area contributed by atoms with Gasteiger partial charge in [0.05, 0.1) is 11.4 Å². The lowest BCUT2D eigenvalue weighted by Crippen LogP contribution is -2.35. The number of sulfonamides is 1. The summed E-state index contributed by atoms with van der Waals surface area (Å²) in [5.41, 5.74) is 3.96. The fraction of sp³-hybridized carbons (Fsp3) is 0.242. The van der Waals surface area contributed by atoms with Crippen molar-refractivity contribution in [3.8, 4) is 11.3 Å². The molecule has 0 amide bonds. The fourth-order valence-electron chi connectivity index (χ4n) is 5.36. The molecule has 10 nitrogen and oxygen atoms in total. The SMILES string of the molecule is CCN(CC)C(C)Cn1ccc2cc(-c3cc(Nc4ccc(N(OC=O)S(=O)(=O)c5ccc(C)cc5F)cc4)ncn3)ccc21. The first-order valence-electron chi connectivity index (χ1n) is 14.6. The molecule has 0 radical (unpaired) electrons. The first kappa shape index (κ1) is 31.6. The highest BCUT2D eigenvalue weighted by molar-refractivity contribution is 7.92. The standard InChI is InChI=1S/C33H35FN6O4S/c1-5-38(6-2)24(4)20-39-16-15-26-18-25(8-13-31(26)39)30-19-33(36-21-35-30)37-27-9-11-28(12-10-27)40(44-22-41)45(42,43)32-14-7-23(3)17-29(32)34/h7-19,21-22,24H,5-6,20H2,1-4H3,(H,35,36,37). The van der Waals surface area contributed by atoms with Gasteiger partial charge in [-0.1, -0.05) is 30.4 Å². The minimum absolute atomic E-state index is 0.00253. The zero-order chi connectivity index (χ0) is 32.1. The van der Waals surface area contributed by atoms with Crippen LogP contribution in [0.2, 0.25) is 0 Å². The number of aromatic nitrogens is 3. The van der Waals surface area contributed by atoms with Crippen LogP contribution in [0.25, 0.3) is 22.2 Å². The molecule has 234 valence electrons. The molecule has 2 heterocycles. The second kappa shape index (κ2) is 13.4. The van der Waals surface area contributed by atoms with Gasteiger partial charge in [0.15, 0.2) is 0 Å². The molecular formula is C33H35FN6O4S. The number of hydrogen-bond acceptors (Lipinski definition) is 8. The number of nitrogens with one attached hydrogen (secondary N) is 1. The summed E-state index contributed by atoms with van der Waals surface area (Å²) < 4.78 is 43.5. The van der Waals surface area contributed by atoms with Gasteiger partial charge in [0.2, 0.25) is 0 Å². The molecule has 45 heavy (non-hydrogen) atoms. The first-order chi connectivity index (χ1) is 21.6. The normalized spacial score (nSPS) is 12.3. The maximum atomic E-state index is 14.5. The van der Waals surface area contributed by atoms with Gasteiger partial charge in [-0.2, -0.15) is 8.42 Å². The van der Waals surface area contributed by atoms with E-state index in [-0.39, 0.29) is 12.2 Å². The van der Waals surface area contributed by atoms with Crippen molar-refractivity contribution in [3.05, 3.63) is 96.7 Å². The maximum Gasteiger partial charge on any atom is 0.322 e. The monoisotopic (exact) mass is 630 g/mol. The molecule has 2 aromatic heterocycles. The minimum Gasteiger partial charge on any atom is -0.346 e. The predicted molar refractivity (Wildman–Crippen MR) is 173 cm³/mol. The van der Waals surface area contributed by atoms with Crippen LogP contribution in [0.15, 0.2) is 90.2 Å². The Morgan fingerprint density at radius 1 is 1.00 bits per heavy atom. The summed E-state index contributed by atoms with van der Waals surface area (Å²) in [5, 5.41) is 4.30. The third-order valence-corrected chi connectivity index (χ3v) is 9.32. The van der Waals surface area contributed by atoms with Gasteiger partial charge in [-0.25, -0.2) is 14.4 Å². The Hall–Kier alpha value is -4.81. The molecule has 0 saturated heterocycles. The van der Waals surface area contributed by atoms with Crippen LogP contribution in [-0.4, -0.2) is 53.5 Å². The van der Waals surface area contributed by atoms with Gasteiger partial charge in [-0.15, -0.1) is 0 Å². The molecule has 0 fully saturated rings. The van der Waals surface area contributed by atoms with E-state index >= 15 is 0 Å². The van der Waals surface area contributed by atoms with E-state index in [2.05, 4.69) is 69.9 Å². The molecule has 1 atom stereocenters. The maximum absolute atomic E-state index is 14.5. The van der Waals surface area contributed by atoms with Gasteiger partial charge in [0.1, 0.15) is 22.9 Å². The summed E-state index contributed by atoms with van der Waals surface area (Å²) in [6, 6.07) is 20.3. The minimum atomic E-state index is -4.54. The molecule has 1 unspecified atom stereocenters. The largest absolute Gasteiger partial charge is 0.346 e. The zero-order valence-electron chi connectivity index (χ0n) is 25.5. The van der Waals surface area contributed by atoms with Gasteiger partial charge in [0.25, 0.3) is 10.0 Å². The van der Waals surface area contributed by atoms with Gasteiger partial charge in [0, 0.05) is 47.0 Å². The molecule has 0 spiro atoms. The Labute approximate surface area is 262 Å². The average Bonchev–Trinajstić information content (AvgIpc) is 3.42. The summed E-state index contributed by atoms with van der Waals surface area (Å²) >= 11 is 0.